The van der Waals surface area contributed by atoms with E-state index in [1.807, 2.05) is 0 Å². The molecule has 3 N–H and O–H groups in total. The number of hydrogen-bond acceptors (Lipinski definition) is 4. The van der Waals surface area contributed by atoms with E-state index in [9.17, 15) is 22.8 Å². The van der Waals surface area contributed by atoms with Crippen molar-refractivity contribution >= 4 is 28.3 Å². The van der Waals surface area contributed by atoms with E-state index >= 15 is 0 Å². The number of carbonyl (C=O) groups is 2. The van der Waals surface area contributed by atoms with Gasteiger partial charge in [0.2, 0.25) is 5.91 Å². The van der Waals surface area contributed by atoms with Gasteiger partial charge in [-0.15, -0.1) is 11.3 Å². The molecule has 2 amide bonds. The van der Waals surface area contributed by atoms with Gasteiger partial charge >= 0.3 is 6.18 Å². The van der Waals surface area contributed by atoms with E-state index in [1.54, 1.807) is 5.38 Å². The molecule has 0 spiro atoms. The van der Waals surface area contributed by atoms with E-state index in [2.05, 4.69) is 10.3 Å². The number of nitrogens with zero attached hydrogens (tertiary/aromatic N) is 1. The van der Waals surface area contributed by atoms with Gasteiger partial charge in [0.1, 0.15) is 0 Å². The molecule has 2 aromatic rings. The Hall–Kier alpha value is -2.42. The molecule has 1 heterocycles. The molecular weight excluding hydrogens is 319 g/mol. The summed E-state index contributed by atoms with van der Waals surface area (Å²) in [7, 11) is 0. The average Bonchev–Trinajstić information content (AvgIpc) is 2.84. The number of aromatic nitrogens is 1. The second-order valence-corrected chi connectivity index (χ2v) is 5.17. The zero-order chi connectivity index (χ0) is 16.3. The number of benzene rings is 1. The van der Waals surface area contributed by atoms with Crippen molar-refractivity contribution < 1.29 is 22.8 Å². The minimum Gasteiger partial charge on any atom is -0.369 e. The maximum Gasteiger partial charge on any atom is 0.416 e. The van der Waals surface area contributed by atoms with Crippen molar-refractivity contribution in [3.63, 3.8) is 0 Å². The molecule has 0 unspecified atom stereocenters. The van der Waals surface area contributed by atoms with Crippen LogP contribution in [0.2, 0.25) is 0 Å². The van der Waals surface area contributed by atoms with Gasteiger partial charge in [-0.1, -0.05) is 0 Å². The van der Waals surface area contributed by atoms with Crippen molar-refractivity contribution in [3.8, 4) is 0 Å². The molecular formula is C13H10F3N3O2S. The van der Waals surface area contributed by atoms with Crippen molar-refractivity contribution in [2.24, 2.45) is 5.73 Å². The largest absolute Gasteiger partial charge is 0.416 e. The molecule has 0 radical (unpaired) electrons. The van der Waals surface area contributed by atoms with Gasteiger partial charge in [-0.2, -0.15) is 13.2 Å². The fraction of sp³-hybridized carbons (Fsp3) is 0.154. The molecule has 0 aliphatic heterocycles. The Morgan fingerprint density at radius 2 is 1.86 bits per heavy atom. The van der Waals surface area contributed by atoms with Crippen molar-refractivity contribution in [3.05, 3.63) is 46.5 Å². The SMILES string of the molecule is NC(=O)Cc1csc(NC(=O)c2ccc(C(F)(F)F)cc2)n1. The molecule has 1 aromatic carbocycles. The number of alkyl halides is 3. The Bertz CT molecular complexity index is 695. The van der Waals surface area contributed by atoms with Crippen LogP contribution in [0.3, 0.4) is 0 Å². The number of primary amides is 1. The third-order valence-electron chi connectivity index (χ3n) is 2.60. The monoisotopic (exact) mass is 329 g/mol. The normalized spacial score (nSPS) is 11.2. The molecule has 0 fully saturated rings. The van der Waals surface area contributed by atoms with Gasteiger partial charge in [0.15, 0.2) is 5.13 Å². The predicted octanol–water partition coefficient (Wildman–Crippen LogP) is 2.44. The summed E-state index contributed by atoms with van der Waals surface area (Å²) in [5.74, 6) is -1.14. The molecule has 0 aliphatic rings. The Kier molecular flexibility index (Phi) is 4.45. The van der Waals surface area contributed by atoms with Crippen LogP contribution in [-0.4, -0.2) is 16.8 Å². The highest BCUT2D eigenvalue weighted by molar-refractivity contribution is 7.14. The van der Waals surface area contributed by atoms with Crippen molar-refractivity contribution in [1.82, 2.24) is 4.98 Å². The first kappa shape index (κ1) is 16.0. The van der Waals surface area contributed by atoms with Crippen LogP contribution in [0.15, 0.2) is 29.6 Å². The van der Waals surface area contributed by atoms with Crippen molar-refractivity contribution in [1.29, 1.82) is 0 Å². The summed E-state index contributed by atoms with van der Waals surface area (Å²) in [5, 5.41) is 4.24. The summed E-state index contributed by atoms with van der Waals surface area (Å²) < 4.78 is 37.3. The Balaban J connectivity index is 2.06. The summed E-state index contributed by atoms with van der Waals surface area (Å²) in [6.45, 7) is 0. The second kappa shape index (κ2) is 6.14. The lowest BCUT2D eigenvalue weighted by Crippen LogP contribution is -2.15. The van der Waals surface area contributed by atoms with E-state index in [4.69, 9.17) is 5.73 Å². The third kappa shape index (κ3) is 4.04. The molecule has 9 heteroatoms. The van der Waals surface area contributed by atoms with Crippen LogP contribution in [0, 0.1) is 0 Å². The van der Waals surface area contributed by atoms with Gasteiger partial charge in [0.25, 0.3) is 5.91 Å². The first-order chi connectivity index (χ1) is 10.3. The van der Waals surface area contributed by atoms with Crippen LogP contribution in [-0.2, 0) is 17.4 Å². The quantitative estimate of drug-likeness (QED) is 0.903. The lowest BCUT2D eigenvalue weighted by molar-refractivity contribution is -0.137. The summed E-state index contributed by atoms with van der Waals surface area (Å²) in [5.41, 5.74) is 4.68. The topological polar surface area (TPSA) is 85.1 Å². The van der Waals surface area contributed by atoms with Crippen LogP contribution in [0.4, 0.5) is 18.3 Å². The Morgan fingerprint density at radius 3 is 2.41 bits per heavy atom. The van der Waals surface area contributed by atoms with Crippen LogP contribution in [0.1, 0.15) is 21.6 Å². The first-order valence-electron chi connectivity index (χ1n) is 5.97. The van der Waals surface area contributed by atoms with Crippen molar-refractivity contribution in [2.45, 2.75) is 12.6 Å². The molecule has 2 rings (SSSR count). The third-order valence-corrected chi connectivity index (χ3v) is 3.41. The number of rotatable bonds is 4. The lowest BCUT2D eigenvalue weighted by atomic mass is 10.1. The van der Waals surface area contributed by atoms with Crippen molar-refractivity contribution in [2.75, 3.05) is 5.32 Å². The van der Waals surface area contributed by atoms with E-state index in [0.717, 1.165) is 35.6 Å². The maximum atomic E-state index is 12.4. The standard InChI is InChI=1S/C13H10F3N3O2S/c14-13(15,16)8-3-1-7(2-4-8)11(21)19-12-18-9(6-22-12)5-10(17)20/h1-4,6H,5H2,(H2,17,20)(H,18,19,21). The van der Waals surface area contributed by atoms with E-state index < -0.39 is 23.6 Å². The number of amides is 2. The van der Waals surface area contributed by atoms with Gasteiger partial charge in [-0.05, 0) is 24.3 Å². The Morgan fingerprint density at radius 1 is 1.23 bits per heavy atom. The molecule has 5 nitrogen and oxygen atoms in total. The maximum absolute atomic E-state index is 12.4. The average molecular weight is 329 g/mol. The van der Waals surface area contributed by atoms with Gasteiger partial charge < -0.3 is 5.73 Å². The molecule has 0 aliphatic carbocycles. The number of nitrogens with one attached hydrogen (secondary N) is 1. The number of halogens is 3. The summed E-state index contributed by atoms with van der Waals surface area (Å²) in [4.78, 5) is 26.6. The van der Waals surface area contributed by atoms with Crippen LogP contribution in [0.25, 0.3) is 0 Å². The minimum atomic E-state index is -4.45. The molecule has 0 saturated heterocycles. The minimum absolute atomic E-state index is 0.0490. The number of hydrogen-bond donors (Lipinski definition) is 2. The number of anilines is 1. The zero-order valence-electron chi connectivity index (χ0n) is 11.0. The number of thiazole rings is 1. The van der Waals surface area contributed by atoms with Crippen LogP contribution < -0.4 is 11.1 Å². The summed E-state index contributed by atoms with van der Waals surface area (Å²) in [6, 6.07) is 3.82. The number of nitrogens with two attached hydrogens (primary N) is 1. The fourth-order valence-corrected chi connectivity index (χ4v) is 2.31. The molecule has 0 saturated carbocycles. The number of carbonyl (C=O) groups excluding carboxylic acids is 2. The smallest absolute Gasteiger partial charge is 0.369 e. The van der Waals surface area contributed by atoms with E-state index in [1.165, 1.54) is 0 Å². The van der Waals surface area contributed by atoms with Crippen LogP contribution in [0.5, 0.6) is 0 Å². The van der Waals surface area contributed by atoms with Gasteiger partial charge in [-0.3, -0.25) is 14.9 Å². The molecule has 116 valence electrons. The van der Waals surface area contributed by atoms with Gasteiger partial charge in [0, 0.05) is 10.9 Å². The molecule has 22 heavy (non-hydrogen) atoms. The fourth-order valence-electron chi connectivity index (χ4n) is 1.60. The van der Waals surface area contributed by atoms with Gasteiger partial charge in [-0.25, -0.2) is 4.98 Å². The summed E-state index contributed by atoms with van der Waals surface area (Å²) >= 11 is 1.09. The second-order valence-electron chi connectivity index (χ2n) is 4.32. The first-order valence-corrected chi connectivity index (χ1v) is 6.85. The highest BCUT2D eigenvalue weighted by Gasteiger charge is 2.30. The van der Waals surface area contributed by atoms with E-state index in [-0.39, 0.29) is 17.1 Å². The summed E-state index contributed by atoms with van der Waals surface area (Å²) in [6.07, 6.45) is -4.50. The van der Waals surface area contributed by atoms with Gasteiger partial charge in [0.05, 0.1) is 17.7 Å². The molecule has 0 atom stereocenters. The highest BCUT2D eigenvalue weighted by atomic mass is 32.1. The molecule has 0 bridgehead atoms. The lowest BCUT2D eigenvalue weighted by Gasteiger charge is -2.07. The highest BCUT2D eigenvalue weighted by Crippen LogP contribution is 2.29. The predicted molar refractivity (Wildman–Crippen MR) is 74.4 cm³/mol. The Labute approximate surface area is 127 Å². The molecule has 1 aromatic heterocycles. The van der Waals surface area contributed by atoms with E-state index in [0.29, 0.717) is 5.69 Å². The van der Waals surface area contributed by atoms with Crippen LogP contribution >= 0.6 is 11.3 Å². The zero-order valence-corrected chi connectivity index (χ0v) is 11.8.